The Morgan fingerprint density at radius 1 is 0.393 bits per heavy atom. The molecule has 1 heterocycles. The fraction of sp³-hybridized carbons (Fsp3) is 0.111. The van der Waals surface area contributed by atoms with Crippen molar-refractivity contribution >= 4 is 39.0 Å². The van der Waals surface area contributed by atoms with Crippen LogP contribution in [0.4, 0.5) is 17.1 Å². The Hall–Kier alpha value is -6.64. The minimum Gasteiger partial charge on any atom is -0.455 e. The van der Waals surface area contributed by atoms with Gasteiger partial charge in [0.2, 0.25) is 0 Å². The maximum atomic E-state index is 6.46. The van der Waals surface area contributed by atoms with Crippen molar-refractivity contribution in [1.29, 1.82) is 0 Å². The topological polar surface area (TPSA) is 16.4 Å². The van der Waals surface area contributed by atoms with Crippen molar-refractivity contribution in [1.82, 2.24) is 0 Å². The molecule has 2 aliphatic rings. The van der Waals surface area contributed by atoms with E-state index in [1.165, 1.54) is 61.3 Å². The van der Waals surface area contributed by atoms with Crippen LogP contribution in [0.5, 0.6) is 0 Å². The van der Waals surface area contributed by atoms with E-state index in [1.54, 1.807) is 0 Å². The molecule has 9 aromatic rings. The summed E-state index contributed by atoms with van der Waals surface area (Å²) in [5.74, 6) is 0. The van der Waals surface area contributed by atoms with E-state index in [0.717, 1.165) is 44.4 Å². The van der Waals surface area contributed by atoms with E-state index in [0.29, 0.717) is 0 Å². The molecule has 0 N–H and O–H groups in total. The van der Waals surface area contributed by atoms with Crippen LogP contribution < -0.4 is 4.90 Å². The molecule has 268 valence electrons. The van der Waals surface area contributed by atoms with Gasteiger partial charge in [-0.25, -0.2) is 0 Å². The molecule has 0 saturated carbocycles. The van der Waals surface area contributed by atoms with Crippen LogP contribution in [0.3, 0.4) is 0 Å². The number of fused-ring (bicyclic) bond motifs is 9. The number of anilines is 3. The second-order valence-electron chi connectivity index (χ2n) is 16.5. The Bertz CT molecular complexity index is 3030. The van der Waals surface area contributed by atoms with Crippen molar-refractivity contribution in [2.24, 2.45) is 0 Å². The molecule has 0 atom stereocenters. The number of para-hydroxylation sites is 2. The summed E-state index contributed by atoms with van der Waals surface area (Å²) in [5.41, 5.74) is 20.5. The summed E-state index contributed by atoms with van der Waals surface area (Å²) >= 11 is 0. The Morgan fingerprint density at radius 3 is 1.82 bits per heavy atom. The standard InChI is InChI=1S/C54H41NO/c1-53(2)45-21-8-5-16-40(45)44-33-36(28-31-47(44)53)35-14-11-15-38(32-35)55(49-24-13-23-48-51(49)43-18-6-9-22-46(43)54(48,3)4)37-29-26-34(27-30-37)39-19-12-20-42-41-17-7-10-25-50(41)56-52(39)42/h5-33H,1-4H3. The first-order valence-corrected chi connectivity index (χ1v) is 19.7. The molecule has 2 nitrogen and oxygen atoms in total. The minimum absolute atomic E-state index is 0.0248. The van der Waals surface area contributed by atoms with Gasteiger partial charge in [-0.1, -0.05) is 161 Å². The fourth-order valence-electron chi connectivity index (χ4n) is 9.84. The number of furan rings is 1. The number of benzene rings is 8. The first-order chi connectivity index (χ1) is 27.3. The predicted molar refractivity (Wildman–Crippen MR) is 234 cm³/mol. The lowest BCUT2D eigenvalue weighted by atomic mass is 9.82. The van der Waals surface area contributed by atoms with E-state index in [-0.39, 0.29) is 10.8 Å². The molecule has 0 fully saturated rings. The second-order valence-corrected chi connectivity index (χ2v) is 16.5. The van der Waals surface area contributed by atoms with Crippen LogP contribution in [-0.2, 0) is 10.8 Å². The van der Waals surface area contributed by atoms with Crippen molar-refractivity contribution in [3.05, 3.63) is 198 Å². The third-order valence-electron chi connectivity index (χ3n) is 12.7. The van der Waals surface area contributed by atoms with Gasteiger partial charge in [-0.15, -0.1) is 0 Å². The predicted octanol–water partition coefficient (Wildman–Crippen LogP) is 15.0. The van der Waals surface area contributed by atoms with Gasteiger partial charge in [0.25, 0.3) is 0 Å². The zero-order valence-corrected chi connectivity index (χ0v) is 32.1. The molecule has 0 aliphatic heterocycles. The summed E-state index contributed by atoms with van der Waals surface area (Å²) in [7, 11) is 0. The zero-order valence-electron chi connectivity index (χ0n) is 32.1. The summed E-state index contributed by atoms with van der Waals surface area (Å²) in [5, 5.41) is 2.28. The molecule has 56 heavy (non-hydrogen) atoms. The highest BCUT2D eigenvalue weighted by atomic mass is 16.3. The molecule has 0 amide bonds. The van der Waals surface area contributed by atoms with E-state index >= 15 is 0 Å². The van der Waals surface area contributed by atoms with Crippen molar-refractivity contribution in [2.45, 2.75) is 38.5 Å². The SMILES string of the molecule is CC1(C)c2ccccc2-c2cc(-c3cccc(N(c4ccc(-c5cccc6c5oc5ccccc56)cc4)c4cccc5c4-c4ccccc4C5(C)C)c3)ccc21. The van der Waals surface area contributed by atoms with Gasteiger partial charge in [-0.05, 0) is 98.1 Å². The summed E-state index contributed by atoms with van der Waals surface area (Å²) in [6, 6.07) is 64.6. The van der Waals surface area contributed by atoms with Crippen LogP contribution in [0.1, 0.15) is 49.9 Å². The van der Waals surface area contributed by atoms with E-state index < -0.39 is 0 Å². The lowest BCUT2D eigenvalue weighted by Crippen LogP contribution is -2.16. The average molecular weight is 720 g/mol. The van der Waals surface area contributed by atoms with Crippen LogP contribution in [0.2, 0.25) is 0 Å². The normalized spacial score (nSPS) is 14.4. The molecule has 8 aromatic carbocycles. The van der Waals surface area contributed by atoms with Gasteiger partial charge in [0.1, 0.15) is 11.2 Å². The van der Waals surface area contributed by atoms with Gasteiger partial charge in [-0.3, -0.25) is 0 Å². The summed E-state index contributed by atoms with van der Waals surface area (Å²) in [6.07, 6.45) is 0. The number of hydrogen-bond acceptors (Lipinski definition) is 2. The third-order valence-corrected chi connectivity index (χ3v) is 12.7. The summed E-state index contributed by atoms with van der Waals surface area (Å²) in [6.45, 7) is 9.40. The maximum Gasteiger partial charge on any atom is 0.143 e. The van der Waals surface area contributed by atoms with Gasteiger partial charge in [-0.2, -0.15) is 0 Å². The quantitative estimate of drug-likeness (QED) is 0.176. The molecule has 0 unspecified atom stereocenters. The lowest BCUT2D eigenvalue weighted by Gasteiger charge is -2.29. The molecule has 1 aromatic heterocycles. The highest BCUT2D eigenvalue weighted by Crippen LogP contribution is 2.55. The number of hydrogen-bond donors (Lipinski definition) is 0. The van der Waals surface area contributed by atoms with Crippen molar-refractivity contribution in [3.8, 4) is 44.5 Å². The monoisotopic (exact) mass is 719 g/mol. The largest absolute Gasteiger partial charge is 0.455 e. The van der Waals surface area contributed by atoms with Crippen molar-refractivity contribution in [3.63, 3.8) is 0 Å². The minimum atomic E-state index is -0.112. The summed E-state index contributed by atoms with van der Waals surface area (Å²) < 4.78 is 6.46. The van der Waals surface area contributed by atoms with Crippen LogP contribution in [0.15, 0.2) is 180 Å². The fourth-order valence-corrected chi connectivity index (χ4v) is 9.84. The van der Waals surface area contributed by atoms with Gasteiger partial charge >= 0.3 is 0 Å². The lowest BCUT2D eigenvalue weighted by molar-refractivity contribution is 0.660. The molecule has 11 rings (SSSR count). The smallest absolute Gasteiger partial charge is 0.143 e. The maximum absolute atomic E-state index is 6.46. The average Bonchev–Trinajstić information content (AvgIpc) is 3.81. The first-order valence-electron chi connectivity index (χ1n) is 19.7. The summed E-state index contributed by atoms with van der Waals surface area (Å²) in [4.78, 5) is 2.46. The first kappa shape index (κ1) is 32.8. The molecule has 2 aliphatic carbocycles. The number of rotatable bonds is 5. The van der Waals surface area contributed by atoms with Crippen LogP contribution in [0, 0.1) is 0 Å². The highest BCUT2D eigenvalue weighted by molar-refractivity contribution is 6.09. The molecule has 0 bridgehead atoms. The zero-order chi connectivity index (χ0) is 37.8. The van der Waals surface area contributed by atoms with Crippen LogP contribution in [-0.4, -0.2) is 0 Å². The van der Waals surface area contributed by atoms with Crippen LogP contribution >= 0.6 is 0 Å². The van der Waals surface area contributed by atoms with E-state index in [4.69, 9.17) is 4.42 Å². The van der Waals surface area contributed by atoms with E-state index in [2.05, 4.69) is 202 Å². The van der Waals surface area contributed by atoms with Crippen molar-refractivity contribution in [2.75, 3.05) is 4.90 Å². The molecule has 2 heteroatoms. The van der Waals surface area contributed by atoms with Gasteiger partial charge < -0.3 is 9.32 Å². The number of nitrogens with zero attached hydrogens (tertiary/aromatic N) is 1. The van der Waals surface area contributed by atoms with Gasteiger partial charge in [0.15, 0.2) is 0 Å². The Morgan fingerprint density at radius 2 is 0.982 bits per heavy atom. The molecular weight excluding hydrogens is 679 g/mol. The van der Waals surface area contributed by atoms with Gasteiger partial charge in [0, 0.05) is 44.1 Å². The third kappa shape index (κ3) is 4.69. The second kappa shape index (κ2) is 11.9. The Labute approximate surface area is 328 Å². The molecule has 0 radical (unpaired) electrons. The van der Waals surface area contributed by atoms with Gasteiger partial charge in [0.05, 0.1) is 5.69 Å². The molecule has 0 spiro atoms. The highest BCUT2D eigenvalue weighted by Gasteiger charge is 2.38. The van der Waals surface area contributed by atoms with E-state index in [1.807, 2.05) is 6.07 Å². The Kier molecular flexibility index (Phi) is 6.98. The Balaban J connectivity index is 1.08. The molecule has 0 saturated heterocycles. The van der Waals surface area contributed by atoms with Crippen LogP contribution in [0.25, 0.3) is 66.4 Å². The van der Waals surface area contributed by atoms with E-state index in [9.17, 15) is 0 Å². The molecular formula is C54H41NO. The van der Waals surface area contributed by atoms with Crippen molar-refractivity contribution < 1.29 is 4.42 Å².